The predicted molar refractivity (Wildman–Crippen MR) is 59.5 cm³/mol. The average molecular weight is 209 g/mol. The summed E-state index contributed by atoms with van der Waals surface area (Å²) in [6, 6.07) is 4.64. The van der Waals surface area contributed by atoms with E-state index in [4.69, 9.17) is 10.5 Å². The molecule has 0 heterocycles. The van der Waals surface area contributed by atoms with Crippen LogP contribution in [-0.2, 0) is 6.42 Å². The summed E-state index contributed by atoms with van der Waals surface area (Å²) >= 11 is 0. The molecule has 0 aliphatic carbocycles. The second-order valence-corrected chi connectivity index (χ2v) is 3.58. The van der Waals surface area contributed by atoms with Crippen molar-refractivity contribution in [2.45, 2.75) is 13.3 Å². The predicted octanol–water partition coefficient (Wildman–Crippen LogP) is 2.28. The van der Waals surface area contributed by atoms with E-state index in [1.165, 1.54) is 12.1 Å². The van der Waals surface area contributed by atoms with Crippen LogP contribution in [0.15, 0.2) is 30.4 Å². The van der Waals surface area contributed by atoms with Crippen LogP contribution in [-0.4, -0.2) is 13.2 Å². The first-order chi connectivity index (χ1) is 7.11. The molecular formula is C12H16FNO. The molecule has 2 N–H and O–H groups in total. The second kappa shape index (κ2) is 5.51. The Hall–Kier alpha value is -1.35. The third-order valence-corrected chi connectivity index (χ3v) is 1.85. The van der Waals surface area contributed by atoms with Crippen molar-refractivity contribution in [2.75, 3.05) is 13.2 Å². The third kappa shape index (κ3) is 4.13. The van der Waals surface area contributed by atoms with Gasteiger partial charge in [0.25, 0.3) is 0 Å². The molecule has 82 valence electrons. The standard InChI is InChI=1S/C12H16FNO/c1-9(2)8-15-12-6-10(3-4-14)5-11(13)7-12/h5-7H,1,3-4,8,14H2,2H3. The van der Waals surface area contributed by atoms with Gasteiger partial charge >= 0.3 is 0 Å². The van der Waals surface area contributed by atoms with Crippen molar-refractivity contribution in [3.8, 4) is 5.75 Å². The highest BCUT2D eigenvalue weighted by molar-refractivity contribution is 5.30. The summed E-state index contributed by atoms with van der Waals surface area (Å²) in [7, 11) is 0. The van der Waals surface area contributed by atoms with E-state index in [0.717, 1.165) is 11.1 Å². The molecule has 0 fully saturated rings. The fourth-order valence-electron chi connectivity index (χ4n) is 1.22. The number of halogens is 1. The normalized spacial score (nSPS) is 10.1. The van der Waals surface area contributed by atoms with Gasteiger partial charge < -0.3 is 10.5 Å². The van der Waals surface area contributed by atoms with Gasteiger partial charge in [-0.3, -0.25) is 0 Å². The van der Waals surface area contributed by atoms with Gasteiger partial charge in [-0.15, -0.1) is 0 Å². The Morgan fingerprint density at radius 3 is 2.80 bits per heavy atom. The van der Waals surface area contributed by atoms with Gasteiger partial charge in [0.05, 0.1) is 0 Å². The van der Waals surface area contributed by atoms with E-state index in [1.54, 1.807) is 6.07 Å². The molecule has 0 bridgehead atoms. The van der Waals surface area contributed by atoms with Gasteiger partial charge in [0.1, 0.15) is 18.2 Å². The van der Waals surface area contributed by atoms with E-state index < -0.39 is 0 Å². The minimum atomic E-state index is -0.294. The van der Waals surface area contributed by atoms with Crippen molar-refractivity contribution in [1.29, 1.82) is 0 Å². The average Bonchev–Trinajstić information content (AvgIpc) is 2.14. The van der Waals surface area contributed by atoms with E-state index in [9.17, 15) is 4.39 Å². The molecule has 0 saturated carbocycles. The van der Waals surface area contributed by atoms with Crippen LogP contribution >= 0.6 is 0 Å². The molecule has 0 spiro atoms. The Balaban J connectivity index is 2.74. The zero-order valence-electron chi connectivity index (χ0n) is 8.92. The van der Waals surface area contributed by atoms with Gasteiger partial charge in [0, 0.05) is 6.07 Å². The maximum Gasteiger partial charge on any atom is 0.127 e. The van der Waals surface area contributed by atoms with Crippen LogP contribution in [0.1, 0.15) is 12.5 Å². The van der Waals surface area contributed by atoms with Crippen LogP contribution in [0.2, 0.25) is 0 Å². The molecule has 0 amide bonds. The van der Waals surface area contributed by atoms with E-state index in [-0.39, 0.29) is 5.82 Å². The van der Waals surface area contributed by atoms with E-state index in [1.807, 2.05) is 6.92 Å². The fraction of sp³-hybridized carbons (Fsp3) is 0.333. The van der Waals surface area contributed by atoms with Crippen molar-refractivity contribution in [3.05, 3.63) is 41.7 Å². The molecule has 0 saturated heterocycles. The van der Waals surface area contributed by atoms with Crippen LogP contribution < -0.4 is 10.5 Å². The number of hydrogen-bond donors (Lipinski definition) is 1. The SMILES string of the molecule is C=C(C)COc1cc(F)cc(CCN)c1. The molecule has 15 heavy (non-hydrogen) atoms. The zero-order valence-corrected chi connectivity index (χ0v) is 8.92. The Bertz CT molecular complexity index is 349. The lowest BCUT2D eigenvalue weighted by Crippen LogP contribution is -2.04. The minimum absolute atomic E-state index is 0.294. The van der Waals surface area contributed by atoms with Crippen LogP contribution in [0, 0.1) is 5.82 Å². The van der Waals surface area contributed by atoms with Gasteiger partial charge in [-0.1, -0.05) is 6.58 Å². The maximum absolute atomic E-state index is 13.1. The van der Waals surface area contributed by atoms with Crippen molar-refractivity contribution in [3.63, 3.8) is 0 Å². The zero-order chi connectivity index (χ0) is 11.3. The second-order valence-electron chi connectivity index (χ2n) is 3.58. The van der Waals surface area contributed by atoms with E-state index >= 15 is 0 Å². The highest BCUT2D eigenvalue weighted by atomic mass is 19.1. The van der Waals surface area contributed by atoms with E-state index in [0.29, 0.717) is 25.3 Å². The molecule has 0 radical (unpaired) electrons. The largest absolute Gasteiger partial charge is 0.489 e. The van der Waals surface area contributed by atoms with Gasteiger partial charge in [-0.05, 0) is 43.2 Å². The molecule has 1 aromatic rings. The number of nitrogens with two attached hydrogens (primary N) is 1. The van der Waals surface area contributed by atoms with Gasteiger partial charge in [-0.2, -0.15) is 0 Å². The monoisotopic (exact) mass is 209 g/mol. The lowest BCUT2D eigenvalue weighted by Gasteiger charge is -2.07. The number of hydrogen-bond acceptors (Lipinski definition) is 2. The highest BCUT2D eigenvalue weighted by Crippen LogP contribution is 2.17. The summed E-state index contributed by atoms with van der Waals surface area (Å²) in [5.41, 5.74) is 7.16. The molecule has 3 heteroatoms. The molecule has 0 aliphatic rings. The van der Waals surface area contributed by atoms with Gasteiger partial charge in [0.2, 0.25) is 0 Å². The van der Waals surface area contributed by atoms with Crippen molar-refractivity contribution < 1.29 is 9.13 Å². The van der Waals surface area contributed by atoms with Gasteiger partial charge in [0.15, 0.2) is 0 Å². The Morgan fingerprint density at radius 2 is 2.20 bits per heavy atom. The summed E-state index contributed by atoms with van der Waals surface area (Å²) in [4.78, 5) is 0. The first kappa shape index (κ1) is 11.7. The smallest absolute Gasteiger partial charge is 0.127 e. The maximum atomic E-state index is 13.1. The quantitative estimate of drug-likeness (QED) is 0.755. The summed E-state index contributed by atoms with van der Waals surface area (Å²) in [5, 5.41) is 0. The first-order valence-electron chi connectivity index (χ1n) is 4.88. The lowest BCUT2D eigenvalue weighted by atomic mass is 10.1. The number of ether oxygens (including phenoxy) is 1. The molecule has 0 atom stereocenters. The topological polar surface area (TPSA) is 35.2 Å². The molecule has 0 unspecified atom stereocenters. The fourth-order valence-corrected chi connectivity index (χ4v) is 1.22. The Labute approximate surface area is 89.6 Å². The summed E-state index contributed by atoms with van der Waals surface area (Å²) in [6.07, 6.45) is 0.654. The van der Waals surface area contributed by atoms with Crippen molar-refractivity contribution in [1.82, 2.24) is 0 Å². The van der Waals surface area contributed by atoms with Crippen LogP contribution in [0.4, 0.5) is 4.39 Å². The summed E-state index contributed by atoms with van der Waals surface area (Å²) in [6.45, 7) is 6.49. The molecule has 2 nitrogen and oxygen atoms in total. The van der Waals surface area contributed by atoms with E-state index in [2.05, 4.69) is 6.58 Å². The molecule has 0 aliphatic heterocycles. The highest BCUT2D eigenvalue weighted by Gasteiger charge is 2.01. The molecule has 0 aromatic heterocycles. The number of rotatable bonds is 5. The Kier molecular flexibility index (Phi) is 4.31. The van der Waals surface area contributed by atoms with Crippen LogP contribution in [0.5, 0.6) is 5.75 Å². The third-order valence-electron chi connectivity index (χ3n) is 1.85. The van der Waals surface area contributed by atoms with Gasteiger partial charge in [-0.25, -0.2) is 4.39 Å². The lowest BCUT2D eigenvalue weighted by molar-refractivity contribution is 0.350. The molecule has 1 rings (SSSR count). The van der Waals surface area contributed by atoms with Crippen LogP contribution in [0.25, 0.3) is 0 Å². The minimum Gasteiger partial charge on any atom is -0.489 e. The summed E-state index contributed by atoms with van der Waals surface area (Å²) < 4.78 is 18.5. The molecule has 1 aromatic carbocycles. The Morgan fingerprint density at radius 1 is 1.47 bits per heavy atom. The van der Waals surface area contributed by atoms with Crippen molar-refractivity contribution in [2.24, 2.45) is 5.73 Å². The summed E-state index contributed by atoms with van der Waals surface area (Å²) in [5.74, 6) is 0.235. The van der Waals surface area contributed by atoms with Crippen LogP contribution in [0.3, 0.4) is 0 Å². The first-order valence-corrected chi connectivity index (χ1v) is 4.88. The van der Waals surface area contributed by atoms with Crippen molar-refractivity contribution >= 4 is 0 Å². The number of benzene rings is 1. The molecular weight excluding hydrogens is 193 g/mol.